The van der Waals surface area contributed by atoms with Gasteiger partial charge in [-0.15, -0.1) is 0 Å². The van der Waals surface area contributed by atoms with E-state index in [0.717, 1.165) is 39.2 Å². The van der Waals surface area contributed by atoms with E-state index in [2.05, 4.69) is 31.3 Å². The number of aromatic amines is 1. The molecule has 0 bridgehead atoms. The number of rotatable bonds is 3. The van der Waals surface area contributed by atoms with Crippen molar-refractivity contribution in [3.8, 4) is 33.8 Å². The average molecular weight is 353 g/mol. The van der Waals surface area contributed by atoms with Crippen LogP contribution < -0.4 is 0 Å². The third-order valence-electron chi connectivity index (χ3n) is 4.44. The molecule has 0 saturated carbocycles. The highest BCUT2D eigenvalue weighted by Crippen LogP contribution is 2.35. The summed E-state index contributed by atoms with van der Waals surface area (Å²) >= 11 is 0. The molecule has 0 fully saturated rings. The fraction of sp³-hybridized carbons (Fsp3) is 0.0500. The summed E-state index contributed by atoms with van der Waals surface area (Å²) in [4.78, 5) is 13.4. The lowest BCUT2D eigenvalue weighted by Crippen LogP contribution is -1.90. The van der Waals surface area contributed by atoms with Crippen molar-refractivity contribution in [1.29, 1.82) is 0 Å². The zero-order valence-electron chi connectivity index (χ0n) is 14.5. The van der Waals surface area contributed by atoms with Crippen molar-refractivity contribution in [2.75, 3.05) is 0 Å². The Kier molecular flexibility index (Phi) is 3.50. The van der Waals surface area contributed by atoms with Gasteiger partial charge in [0.05, 0.1) is 28.7 Å². The molecule has 5 aromatic heterocycles. The summed E-state index contributed by atoms with van der Waals surface area (Å²) in [6.07, 6.45) is 9.08. The van der Waals surface area contributed by atoms with E-state index in [4.69, 9.17) is 4.98 Å². The second-order valence-corrected chi connectivity index (χ2v) is 6.21. The van der Waals surface area contributed by atoms with Gasteiger partial charge >= 0.3 is 0 Å². The maximum Gasteiger partial charge on any atom is 0.182 e. The van der Waals surface area contributed by atoms with Gasteiger partial charge in [-0.1, -0.05) is 6.07 Å². The number of hydrogen-bond donors (Lipinski definition) is 1. The maximum absolute atomic E-state index is 4.75. The number of nitrogens with zero attached hydrogens (tertiary/aromatic N) is 6. The van der Waals surface area contributed by atoms with Crippen LogP contribution in [0, 0.1) is 0 Å². The largest absolute Gasteiger partial charge is 0.275 e. The Morgan fingerprint density at radius 3 is 2.59 bits per heavy atom. The van der Waals surface area contributed by atoms with Gasteiger partial charge in [0.2, 0.25) is 0 Å². The Labute approximate surface area is 154 Å². The van der Waals surface area contributed by atoms with E-state index in [1.807, 2.05) is 43.6 Å². The molecule has 0 aliphatic carbocycles. The minimum absolute atomic E-state index is 0.642. The van der Waals surface area contributed by atoms with Gasteiger partial charge in [-0.05, 0) is 41.5 Å². The molecular weight excluding hydrogens is 338 g/mol. The van der Waals surface area contributed by atoms with Gasteiger partial charge in [0, 0.05) is 37.4 Å². The number of fused-ring (bicyclic) bond motifs is 1. The molecule has 1 N–H and O–H groups in total. The third-order valence-corrected chi connectivity index (χ3v) is 4.44. The molecule has 0 saturated heterocycles. The number of aromatic nitrogens is 7. The first kappa shape index (κ1) is 15.4. The normalized spacial score (nSPS) is 11.1. The highest BCUT2D eigenvalue weighted by atomic mass is 15.2. The van der Waals surface area contributed by atoms with Gasteiger partial charge < -0.3 is 0 Å². The zero-order valence-corrected chi connectivity index (χ0v) is 14.5. The molecule has 0 radical (unpaired) electrons. The monoisotopic (exact) mass is 353 g/mol. The highest BCUT2D eigenvalue weighted by molar-refractivity contribution is 6.03. The number of pyridine rings is 3. The topological polar surface area (TPSA) is 85.2 Å². The molecule has 0 unspecified atom stereocenters. The van der Waals surface area contributed by atoms with Crippen molar-refractivity contribution >= 4 is 11.0 Å². The molecule has 0 aromatic carbocycles. The Bertz CT molecular complexity index is 1220. The van der Waals surface area contributed by atoms with Crippen molar-refractivity contribution in [3.05, 3.63) is 67.4 Å². The molecule has 7 heteroatoms. The van der Waals surface area contributed by atoms with E-state index in [1.165, 1.54) is 0 Å². The summed E-state index contributed by atoms with van der Waals surface area (Å²) in [5.74, 6) is 0. The van der Waals surface area contributed by atoms with Gasteiger partial charge in [0.1, 0.15) is 0 Å². The lowest BCUT2D eigenvalue weighted by atomic mass is 10.00. The fourth-order valence-corrected chi connectivity index (χ4v) is 3.18. The van der Waals surface area contributed by atoms with Crippen molar-refractivity contribution in [1.82, 2.24) is 34.9 Å². The predicted molar refractivity (Wildman–Crippen MR) is 103 cm³/mol. The second kappa shape index (κ2) is 6.14. The molecule has 0 atom stereocenters. The Balaban J connectivity index is 1.82. The van der Waals surface area contributed by atoms with Crippen LogP contribution in [0.5, 0.6) is 0 Å². The van der Waals surface area contributed by atoms with Gasteiger partial charge in [-0.25, -0.2) is 4.98 Å². The smallest absolute Gasteiger partial charge is 0.182 e. The molecule has 5 aromatic rings. The van der Waals surface area contributed by atoms with Crippen LogP contribution in [0.4, 0.5) is 0 Å². The summed E-state index contributed by atoms with van der Waals surface area (Å²) in [6.45, 7) is 0. The molecule has 7 nitrogen and oxygen atoms in total. The molecule has 0 amide bonds. The first-order valence-corrected chi connectivity index (χ1v) is 8.49. The van der Waals surface area contributed by atoms with Crippen LogP contribution in [0.1, 0.15) is 0 Å². The minimum Gasteiger partial charge on any atom is -0.275 e. The van der Waals surface area contributed by atoms with Crippen LogP contribution in [-0.4, -0.2) is 34.9 Å². The Hall–Kier alpha value is -3.87. The van der Waals surface area contributed by atoms with E-state index in [0.29, 0.717) is 5.65 Å². The minimum atomic E-state index is 0.642. The first-order chi connectivity index (χ1) is 13.3. The quantitative estimate of drug-likeness (QED) is 0.537. The van der Waals surface area contributed by atoms with Crippen LogP contribution in [0.15, 0.2) is 67.4 Å². The molecule has 0 aliphatic heterocycles. The standard InChI is InChI=1S/C20H15N7/c1-27-12-14(11-23-27)17-10-15(13-5-8-21-9-6-13)18-19(25-26-20(18)24-17)16-4-2-3-7-22-16/h2-12H,1H3,(H,24,25,26). The van der Waals surface area contributed by atoms with Crippen LogP contribution >= 0.6 is 0 Å². The lowest BCUT2D eigenvalue weighted by Gasteiger charge is -2.07. The molecule has 5 heterocycles. The highest BCUT2D eigenvalue weighted by Gasteiger charge is 2.18. The van der Waals surface area contributed by atoms with Crippen molar-refractivity contribution in [2.45, 2.75) is 0 Å². The van der Waals surface area contributed by atoms with Crippen LogP contribution in [-0.2, 0) is 7.05 Å². The lowest BCUT2D eigenvalue weighted by molar-refractivity contribution is 0.768. The Morgan fingerprint density at radius 2 is 1.85 bits per heavy atom. The summed E-state index contributed by atoms with van der Waals surface area (Å²) in [6, 6.07) is 11.8. The fourth-order valence-electron chi connectivity index (χ4n) is 3.18. The van der Waals surface area contributed by atoms with Gasteiger partial charge in [-0.2, -0.15) is 10.2 Å². The molecular formula is C20H15N7. The second-order valence-electron chi connectivity index (χ2n) is 6.21. The van der Waals surface area contributed by atoms with E-state index in [-0.39, 0.29) is 0 Å². The van der Waals surface area contributed by atoms with Crippen molar-refractivity contribution < 1.29 is 0 Å². The van der Waals surface area contributed by atoms with E-state index in [1.54, 1.807) is 29.5 Å². The molecule has 0 spiro atoms. The first-order valence-electron chi connectivity index (χ1n) is 8.49. The third kappa shape index (κ3) is 2.65. The van der Waals surface area contributed by atoms with Gasteiger partial charge in [0.25, 0.3) is 0 Å². The number of nitrogens with one attached hydrogen (secondary N) is 1. The van der Waals surface area contributed by atoms with Crippen molar-refractivity contribution in [3.63, 3.8) is 0 Å². The van der Waals surface area contributed by atoms with Crippen molar-refractivity contribution in [2.24, 2.45) is 7.05 Å². The number of hydrogen-bond acceptors (Lipinski definition) is 5. The summed E-state index contributed by atoms with van der Waals surface area (Å²) in [5, 5.41) is 12.8. The molecule has 0 aliphatic rings. The molecule has 27 heavy (non-hydrogen) atoms. The molecule has 5 rings (SSSR count). The van der Waals surface area contributed by atoms with E-state index in [9.17, 15) is 0 Å². The zero-order chi connectivity index (χ0) is 18.2. The number of aryl methyl sites for hydroxylation is 1. The van der Waals surface area contributed by atoms with Gasteiger partial charge in [-0.3, -0.25) is 19.7 Å². The van der Waals surface area contributed by atoms with Crippen LogP contribution in [0.3, 0.4) is 0 Å². The summed E-state index contributed by atoms with van der Waals surface area (Å²) < 4.78 is 1.76. The predicted octanol–water partition coefficient (Wildman–Crippen LogP) is 3.48. The van der Waals surface area contributed by atoms with E-state index < -0.39 is 0 Å². The Morgan fingerprint density at radius 1 is 0.963 bits per heavy atom. The SMILES string of the molecule is Cn1cc(-c2cc(-c3ccncc3)c3c(-c4ccccn4)[nH]nc3n2)cn1. The summed E-state index contributed by atoms with van der Waals surface area (Å²) in [5.41, 5.74) is 6.15. The summed E-state index contributed by atoms with van der Waals surface area (Å²) in [7, 11) is 1.89. The van der Waals surface area contributed by atoms with E-state index >= 15 is 0 Å². The maximum atomic E-state index is 4.75. The number of H-pyrrole nitrogens is 1. The van der Waals surface area contributed by atoms with Crippen LogP contribution in [0.25, 0.3) is 44.8 Å². The van der Waals surface area contributed by atoms with Crippen LogP contribution in [0.2, 0.25) is 0 Å². The molecule has 130 valence electrons. The average Bonchev–Trinajstić information content (AvgIpc) is 3.35. The van der Waals surface area contributed by atoms with Gasteiger partial charge in [0.15, 0.2) is 5.65 Å².